The van der Waals surface area contributed by atoms with Crippen molar-refractivity contribution >= 4 is 22.7 Å². The molecule has 0 bridgehead atoms. The second kappa shape index (κ2) is 11.0. The molecule has 12 heteroatoms. The van der Waals surface area contributed by atoms with Gasteiger partial charge in [0.15, 0.2) is 0 Å². The molecular formula is C27H26F3N5O4. The van der Waals surface area contributed by atoms with Crippen LogP contribution in [0.15, 0.2) is 64.6 Å². The zero-order chi connectivity index (χ0) is 28.3. The van der Waals surface area contributed by atoms with E-state index in [-0.39, 0.29) is 22.3 Å². The largest absolute Gasteiger partial charge is 0.491 e. The van der Waals surface area contributed by atoms with Crippen LogP contribution >= 0.6 is 0 Å². The fraction of sp³-hybridized carbons (Fsp3) is 0.222. The van der Waals surface area contributed by atoms with Gasteiger partial charge >= 0.3 is 6.30 Å². The highest BCUT2D eigenvalue weighted by atomic mass is 19.4. The van der Waals surface area contributed by atoms with Crippen LogP contribution in [-0.4, -0.2) is 47.0 Å². The molecule has 0 unspecified atom stereocenters. The van der Waals surface area contributed by atoms with Crippen LogP contribution in [0.3, 0.4) is 0 Å². The van der Waals surface area contributed by atoms with Crippen LogP contribution in [0.5, 0.6) is 5.75 Å². The third-order valence-electron chi connectivity index (χ3n) is 6.04. The molecule has 0 fully saturated rings. The van der Waals surface area contributed by atoms with Gasteiger partial charge in [0.2, 0.25) is 0 Å². The molecule has 204 valence electrons. The third kappa shape index (κ3) is 5.96. The van der Waals surface area contributed by atoms with Gasteiger partial charge in [-0.2, -0.15) is 13.2 Å². The number of halogens is 3. The first-order chi connectivity index (χ1) is 18.5. The highest BCUT2D eigenvalue weighted by Crippen LogP contribution is 2.36. The second-order valence-corrected chi connectivity index (χ2v) is 8.74. The first-order valence-electron chi connectivity index (χ1n) is 11.7. The SMILES string of the molecule is COCCOc1cccc(-c2cn(C)c(=O)cc2-c2cn(C)c(=O)c3[nH]c(/C(C=N)=C/NC(F)(F)F)cc23)c1. The van der Waals surface area contributed by atoms with E-state index < -0.39 is 11.9 Å². The molecule has 0 saturated carbocycles. The average Bonchev–Trinajstić information content (AvgIpc) is 3.33. The predicted octanol–water partition coefficient (Wildman–Crippen LogP) is 4.02. The summed E-state index contributed by atoms with van der Waals surface area (Å²) in [4.78, 5) is 28.6. The molecule has 3 N–H and O–H groups in total. The number of fused-ring (bicyclic) bond motifs is 1. The van der Waals surface area contributed by atoms with Crippen LogP contribution in [0.2, 0.25) is 0 Å². The summed E-state index contributed by atoms with van der Waals surface area (Å²) in [5.41, 5.74) is 1.81. The van der Waals surface area contributed by atoms with Crippen LogP contribution in [-0.2, 0) is 18.8 Å². The van der Waals surface area contributed by atoms with Gasteiger partial charge in [0, 0.05) is 79.9 Å². The molecule has 0 aliphatic heterocycles. The Hall–Kier alpha value is -4.58. The number of alkyl halides is 3. The molecule has 0 aliphatic carbocycles. The summed E-state index contributed by atoms with van der Waals surface area (Å²) in [6.45, 7) is 0.755. The fourth-order valence-corrected chi connectivity index (χ4v) is 4.14. The Morgan fingerprint density at radius 2 is 1.79 bits per heavy atom. The summed E-state index contributed by atoms with van der Waals surface area (Å²) in [7, 11) is 4.73. The van der Waals surface area contributed by atoms with E-state index in [0.717, 1.165) is 11.8 Å². The Balaban J connectivity index is 1.93. The molecular weight excluding hydrogens is 515 g/mol. The molecule has 39 heavy (non-hydrogen) atoms. The van der Waals surface area contributed by atoms with Crippen molar-refractivity contribution in [3.63, 3.8) is 0 Å². The molecule has 3 heterocycles. The number of H-pyrrole nitrogens is 1. The second-order valence-electron chi connectivity index (χ2n) is 8.74. The van der Waals surface area contributed by atoms with Crippen molar-refractivity contribution in [1.82, 2.24) is 19.4 Å². The van der Waals surface area contributed by atoms with Gasteiger partial charge in [-0.05, 0) is 29.3 Å². The Morgan fingerprint density at radius 1 is 1.05 bits per heavy atom. The molecule has 4 aromatic rings. The van der Waals surface area contributed by atoms with Gasteiger partial charge in [-0.1, -0.05) is 12.1 Å². The standard InChI is InChI=1S/C27H26F3N5O4/c1-34-14-21(16-5-4-6-18(9-16)39-8-7-38-3)19(11-24(34)36)22-15-35(2)26(37)25-20(22)10-23(33-25)17(12-31)13-32-27(28,29)30/h4-6,9-15,31-33H,7-8H2,1-3H3/b17-13+,31-12?. The number of methoxy groups -OCH3 is 1. The highest BCUT2D eigenvalue weighted by molar-refractivity contribution is 6.10. The Bertz CT molecular complexity index is 1680. The molecule has 0 aliphatic rings. The smallest absolute Gasteiger partial charge is 0.481 e. The van der Waals surface area contributed by atoms with Crippen molar-refractivity contribution in [1.29, 1.82) is 5.41 Å². The molecule has 0 atom stereocenters. The topological polar surface area (TPSA) is 114 Å². The minimum atomic E-state index is -4.69. The minimum absolute atomic E-state index is 0.119. The number of allylic oxidation sites excluding steroid dienone is 1. The van der Waals surface area contributed by atoms with Crippen LogP contribution in [0, 0.1) is 5.41 Å². The van der Waals surface area contributed by atoms with E-state index in [2.05, 4.69) is 4.98 Å². The lowest BCUT2D eigenvalue weighted by Gasteiger charge is -2.15. The number of pyridine rings is 2. The van der Waals surface area contributed by atoms with E-state index in [1.54, 1.807) is 32.6 Å². The summed E-state index contributed by atoms with van der Waals surface area (Å²) in [6, 6.07) is 10.2. The van der Waals surface area contributed by atoms with Crippen LogP contribution in [0.4, 0.5) is 13.2 Å². The Morgan fingerprint density at radius 3 is 2.49 bits per heavy atom. The number of hydrogen-bond donors (Lipinski definition) is 3. The first kappa shape index (κ1) is 27.5. The molecule has 0 radical (unpaired) electrons. The van der Waals surface area contributed by atoms with Crippen molar-refractivity contribution in [2.24, 2.45) is 14.1 Å². The summed E-state index contributed by atoms with van der Waals surface area (Å²) in [6.07, 6.45) is -0.0662. The molecule has 3 aromatic heterocycles. The first-order valence-corrected chi connectivity index (χ1v) is 11.7. The fourth-order valence-electron chi connectivity index (χ4n) is 4.14. The number of ether oxygens (including phenoxy) is 2. The molecule has 0 amide bonds. The van der Waals surface area contributed by atoms with Crippen LogP contribution in [0.1, 0.15) is 5.69 Å². The lowest BCUT2D eigenvalue weighted by atomic mass is 9.95. The molecule has 0 saturated heterocycles. The summed E-state index contributed by atoms with van der Waals surface area (Å²) in [5.74, 6) is 0.594. The van der Waals surface area contributed by atoms with E-state index in [1.807, 2.05) is 18.2 Å². The van der Waals surface area contributed by atoms with E-state index >= 15 is 0 Å². The number of nitrogens with zero attached hydrogens (tertiary/aromatic N) is 2. The lowest BCUT2D eigenvalue weighted by Crippen LogP contribution is -2.26. The van der Waals surface area contributed by atoms with Gasteiger partial charge in [-0.3, -0.25) is 9.59 Å². The molecule has 0 spiro atoms. The molecule has 1 aromatic carbocycles. The van der Waals surface area contributed by atoms with Gasteiger partial charge in [-0.15, -0.1) is 0 Å². The molecule has 4 rings (SSSR count). The van der Waals surface area contributed by atoms with E-state index in [1.165, 1.54) is 33.6 Å². The Kier molecular flexibility index (Phi) is 7.77. The number of nitrogens with one attached hydrogen (secondary N) is 3. The average molecular weight is 542 g/mol. The van der Waals surface area contributed by atoms with Crippen LogP contribution < -0.4 is 21.2 Å². The maximum atomic E-state index is 13.0. The molecule has 9 nitrogen and oxygen atoms in total. The van der Waals surface area contributed by atoms with Gasteiger partial charge < -0.3 is 34.3 Å². The Labute approximate surface area is 220 Å². The summed E-state index contributed by atoms with van der Waals surface area (Å²) < 4.78 is 51.7. The quantitative estimate of drug-likeness (QED) is 0.168. The zero-order valence-corrected chi connectivity index (χ0v) is 21.3. The zero-order valence-electron chi connectivity index (χ0n) is 21.3. The van der Waals surface area contributed by atoms with E-state index in [9.17, 15) is 22.8 Å². The van der Waals surface area contributed by atoms with Crippen molar-refractivity contribution in [3.05, 3.63) is 81.4 Å². The third-order valence-corrected chi connectivity index (χ3v) is 6.04. The highest BCUT2D eigenvalue weighted by Gasteiger charge is 2.25. The van der Waals surface area contributed by atoms with Crippen molar-refractivity contribution < 1.29 is 22.6 Å². The van der Waals surface area contributed by atoms with E-state index in [0.29, 0.717) is 47.2 Å². The van der Waals surface area contributed by atoms with Gasteiger partial charge in [0.1, 0.15) is 17.9 Å². The number of aromatic amines is 1. The van der Waals surface area contributed by atoms with Gasteiger partial charge in [-0.25, -0.2) is 0 Å². The van der Waals surface area contributed by atoms with Crippen molar-refractivity contribution in [2.75, 3.05) is 20.3 Å². The normalized spacial score (nSPS) is 12.1. The van der Waals surface area contributed by atoms with Crippen LogP contribution in [0.25, 0.3) is 38.7 Å². The lowest BCUT2D eigenvalue weighted by molar-refractivity contribution is -0.146. The predicted molar refractivity (Wildman–Crippen MR) is 143 cm³/mol. The van der Waals surface area contributed by atoms with E-state index in [4.69, 9.17) is 14.9 Å². The van der Waals surface area contributed by atoms with Gasteiger partial charge in [0.05, 0.1) is 6.61 Å². The number of hydrogen-bond acceptors (Lipinski definition) is 6. The number of aromatic nitrogens is 3. The number of aryl methyl sites for hydroxylation is 2. The summed E-state index contributed by atoms with van der Waals surface area (Å²) >= 11 is 0. The van der Waals surface area contributed by atoms with Crippen molar-refractivity contribution in [2.45, 2.75) is 6.30 Å². The van der Waals surface area contributed by atoms with Gasteiger partial charge in [0.25, 0.3) is 11.1 Å². The minimum Gasteiger partial charge on any atom is -0.491 e. The maximum Gasteiger partial charge on any atom is 0.481 e. The number of benzene rings is 1. The van der Waals surface area contributed by atoms with Crippen molar-refractivity contribution in [3.8, 4) is 28.0 Å². The monoisotopic (exact) mass is 541 g/mol. The maximum absolute atomic E-state index is 13.0. The summed E-state index contributed by atoms with van der Waals surface area (Å²) in [5, 5.41) is 9.26. The number of rotatable bonds is 9.